The molecule has 0 N–H and O–H groups in total. The number of thiophene rings is 1. The number of rotatable bonds is 5. The third kappa shape index (κ3) is 4.32. The summed E-state index contributed by atoms with van der Waals surface area (Å²) in [6.07, 6.45) is 0. The van der Waals surface area contributed by atoms with Gasteiger partial charge in [0.05, 0.1) is 11.1 Å². The summed E-state index contributed by atoms with van der Waals surface area (Å²) in [6, 6.07) is 58.4. The van der Waals surface area contributed by atoms with Gasteiger partial charge in [0.25, 0.3) is 0 Å². The van der Waals surface area contributed by atoms with Crippen LogP contribution < -0.4 is 4.90 Å². The van der Waals surface area contributed by atoms with Crippen molar-refractivity contribution in [1.82, 2.24) is 0 Å². The molecule has 0 unspecified atom stereocenters. The quantitative estimate of drug-likeness (QED) is 0.197. The van der Waals surface area contributed by atoms with Gasteiger partial charge >= 0.3 is 0 Å². The highest BCUT2D eigenvalue weighted by molar-refractivity contribution is 7.26. The third-order valence-corrected chi connectivity index (χ3v) is 9.87. The second kappa shape index (κ2) is 10.5. The van der Waals surface area contributed by atoms with Crippen LogP contribution in [0.15, 0.2) is 168 Å². The molecule has 0 aliphatic rings. The Morgan fingerprint density at radius 3 is 1.93 bits per heavy atom. The van der Waals surface area contributed by atoms with Gasteiger partial charge in [-0.15, -0.1) is 11.3 Å². The first kappa shape index (κ1) is 25.8. The molecule has 2 heterocycles. The van der Waals surface area contributed by atoms with Gasteiger partial charge in [0, 0.05) is 36.9 Å². The van der Waals surface area contributed by atoms with E-state index in [-0.39, 0.29) is 0 Å². The Bertz CT molecular complexity index is 2510. The van der Waals surface area contributed by atoms with Crippen LogP contribution in [0.5, 0.6) is 0 Å². The summed E-state index contributed by atoms with van der Waals surface area (Å²) in [5.41, 5.74) is 9.84. The van der Waals surface area contributed by atoms with Crippen molar-refractivity contribution in [2.24, 2.45) is 0 Å². The van der Waals surface area contributed by atoms with Crippen LogP contribution in [-0.4, -0.2) is 0 Å². The molecule has 45 heavy (non-hydrogen) atoms. The zero-order chi connectivity index (χ0) is 29.7. The SMILES string of the molecule is c1ccc(-c2cccc(N(c3cccc(-c4cccc5c4sc4ccccc45)c3)c3cccc4oc5ccccc5c34)c2)cc1. The molecule has 212 valence electrons. The molecule has 9 rings (SSSR count). The zero-order valence-electron chi connectivity index (χ0n) is 24.4. The fourth-order valence-electron chi connectivity index (χ4n) is 6.61. The molecule has 2 nitrogen and oxygen atoms in total. The number of hydrogen-bond donors (Lipinski definition) is 0. The highest BCUT2D eigenvalue weighted by atomic mass is 32.1. The molecule has 0 saturated heterocycles. The monoisotopic (exact) mass is 593 g/mol. The van der Waals surface area contributed by atoms with Gasteiger partial charge in [-0.1, -0.05) is 115 Å². The standard InChI is InChI=1S/C42H27NOS/c1-2-12-28(13-3-1)29-14-8-16-31(26-29)43(37-22-11-24-39-41(37)36-19-4-6-23-38(36)44-39)32-17-9-15-30(27-32)33-20-10-21-35-34-18-5-7-25-40(34)45-42(33)35/h1-27H. The fraction of sp³-hybridized carbons (Fsp3) is 0. The van der Waals surface area contributed by atoms with Gasteiger partial charge < -0.3 is 9.32 Å². The lowest BCUT2D eigenvalue weighted by molar-refractivity contribution is 0.669. The number of para-hydroxylation sites is 1. The lowest BCUT2D eigenvalue weighted by Gasteiger charge is -2.27. The summed E-state index contributed by atoms with van der Waals surface area (Å²) >= 11 is 1.87. The molecule has 0 bridgehead atoms. The second-order valence-electron chi connectivity index (χ2n) is 11.3. The van der Waals surface area contributed by atoms with Crippen LogP contribution >= 0.6 is 11.3 Å². The topological polar surface area (TPSA) is 16.4 Å². The lowest BCUT2D eigenvalue weighted by Crippen LogP contribution is -2.10. The van der Waals surface area contributed by atoms with Gasteiger partial charge in [0.1, 0.15) is 11.2 Å². The minimum Gasteiger partial charge on any atom is -0.456 e. The molecule has 3 heteroatoms. The van der Waals surface area contributed by atoms with E-state index < -0.39 is 0 Å². The Morgan fingerprint density at radius 2 is 1.07 bits per heavy atom. The van der Waals surface area contributed by atoms with Crippen molar-refractivity contribution in [3.05, 3.63) is 164 Å². The summed E-state index contributed by atoms with van der Waals surface area (Å²) in [4.78, 5) is 2.38. The Labute approximate surface area is 265 Å². The third-order valence-electron chi connectivity index (χ3n) is 8.65. The predicted molar refractivity (Wildman–Crippen MR) is 192 cm³/mol. The van der Waals surface area contributed by atoms with Gasteiger partial charge in [0.15, 0.2) is 0 Å². The Balaban J connectivity index is 1.29. The molecule has 0 amide bonds. The maximum atomic E-state index is 6.35. The van der Waals surface area contributed by atoms with E-state index in [0.717, 1.165) is 39.0 Å². The second-order valence-corrected chi connectivity index (χ2v) is 12.4. The molecule has 2 aromatic heterocycles. The van der Waals surface area contributed by atoms with Crippen molar-refractivity contribution < 1.29 is 4.42 Å². The summed E-state index contributed by atoms with van der Waals surface area (Å²) in [5, 5.41) is 4.84. The molecule has 0 spiro atoms. The first-order valence-electron chi connectivity index (χ1n) is 15.2. The van der Waals surface area contributed by atoms with E-state index in [9.17, 15) is 0 Å². The molecule has 7 aromatic carbocycles. The minimum atomic E-state index is 0.879. The molecular weight excluding hydrogens is 567 g/mol. The fourth-order valence-corrected chi connectivity index (χ4v) is 7.85. The number of furan rings is 1. The van der Waals surface area contributed by atoms with Crippen molar-refractivity contribution >= 4 is 70.5 Å². The van der Waals surface area contributed by atoms with Crippen LogP contribution in [0.3, 0.4) is 0 Å². The lowest BCUT2D eigenvalue weighted by atomic mass is 10.0. The van der Waals surface area contributed by atoms with E-state index in [0.29, 0.717) is 0 Å². The summed E-state index contributed by atoms with van der Waals surface area (Å²) in [5.74, 6) is 0. The Kier molecular flexibility index (Phi) is 6.03. The smallest absolute Gasteiger partial charge is 0.137 e. The van der Waals surface area contributed by atoms with Crippen molar-refractivity contribution in [1.29, 1.82) is 0 Å². The summed E-state index contributed by atoms with van der Waals surface area (Å²) in [6.45, 7) is 0. The van der Waals surface area contributed by atoms with Crippen LogP contribution in [-0.2, 0) is 0 Å². The molecule has 0 aliphatic carbocycles. The van der Waals surface area contributed by atoms with Crippen molar-refractivity contribution in [2.45, 2.75) is 0 Å². The van der Waals surface area contributed by atoms with E-state index in [1.165, 1.54) is 42.4 Å². The number of benzene rings is 7. The van der Waals surface area contributed by atoms with E-state index in [1.807, 2.05) is 23.5 Å². The molecule has 9 aromatic rings. The van der Waals surface area contributed by atoms with Crippen LogP contribution in [0.1, 0.15) is 0 Å². The number of anilines is 3. The average Bonchev–Trinajstić information content (AvgIpc) is 3.68. The number of fused-ring (bicyclic) bond motifs is 6. The van der Waals surface area contributed by atoms with E-state index in [4.69, 9.17) is 4.42 Å². The maximum absolute atomic E-state index is 6.35. The van der Waals surface area contributed by atoms with E-state index in [1.54, 1.807) is 0 Å². The maximum Gasteiger partial charge on any atom is 0.137 e. The van der Waals surface area contributed by atoms with Gasteiger partial charge in [-0.05, 0) is 70.8 Å². The molecule has 0 aliphatic heterocycles. The Hall–Kier alpha value is -5.64. The molecule has 0 saturated carbocycles. The summed E-state index contributed by atoms with van der Waals surface area (Å²) < 4.78 is 8.98. The molecular formula is C42H27NOS. The van der Waals surface area contributed by atoms with E-state index in [2.05, 4.69) is 157 Å². The van der Waals surface area contributed by atoms with Gasteiger partial charge in [-0.3, -0.25) is 0 Å². The van der Waals surface area contributed by atoms with Gasteiger partial charge in [-0.25, -0.2) is 0 Å². The highest BCUT2D eigenvalue weighted by Gasteiger charge is 2.20. The zero-order valence-corrected chi connectivity index (χ0v) is 25.2. The molecule has 0 radical (unpaired) electrons. The largest absolute Gasteiger partial charge is 0.456 e. The van der Waals surface area contributed by atoms with Gasteiger partial charge in [-0.2, -0.15) is 0 Å². The van der Waals surface area contributed by atoms with Crippen LogP contribution in [0, 0.1) is 0 Å². The summed E-state index contributed by atoms with van der Waals surface area (Å²) in [7, 11) is 0. The minimum absolute atomic E-state index is 0.879. The van der Waals surface area contributed by atoms with Crippen LogP contribution in [0.2, 0.25) is 0 Å². The average molecular weight is 594 g/mol. The number of nitrogens with zero attached hydrogens (tertiary/aromatic N) is 1. The molecule has 0 atom stereocenters. The number of hydrogen-bond acceptors (Lipinski definition) is 3. The van der Waals surface area contributed by atoms with Crippen LogP contribution in [0.25, 0.3) is 64.4 Å². The van der Waals surface area contributed by atoms with Gasteiger partial charge in [0.2, 0.25) is 0 Å². The van der Waals surface area contributed by atoms with E-state index >= 15 is 0 Å². The van der Waals surface area contributed by atoms with Crippen molar-refractivity contribution in [2.75, 3.05) is 4.90 Å². The highest BCUT2D eigenvalue weighted by Crippen LogP contribution is 2.45. The first-order valence-corrected chi connectivity index (χ1v) is 16.0. The van der Waals surface area contributed by atoms with Crippen molar-refractivity contribution in [3.8, 4) is 22.3 Å². The van der Waals surface area contributed by atoms with Crippen molar-refractivity contribution in [3.63, 3.8) is 0 Å². The van der Waals surface area contributed by atoms with Crippen LogP contribution in [0.4, 0.5) is 17.1 Å². The predicted octanol–water partition coefficient (Wildman–Crippen LogP) is 12.8. The molecule has 0 fully saturated rings. The Morgan fingerprint density at radius 1 is 0.444 bits per heavy atom. The normalized spacial score (nSPS) is 11.6. The first-order chi connectivity index (χ1) is 22.3.